The lowest BCUT2D eigenvalue weighted by Crippen LogP contribution is -2.27. The number of sulfone groups is 1. The van der Waals surface area contributed by atoms with E-state index in [1.165, 1.54) is 18.2 Å². The summed E-state index contributed by atoms with van der Waals surface area (Å²) in [6, 6.07) is 3.75. The van der Waals surface area contributed by atoms with Gasteiger partial charge >= 0.3 is 0 Å². The number of benzene rings is 1. The molecule has 1 unspecified atom stereocenters. The molecular weight excluding hydrogens is 270 g/mol. The van der Waals surface area contributed by atoms with Crippen molar-refractivity contribution in [3.8, 4) is 0 Å². The molecule has 1 atom stereocenters. The topological polar surface area (TPSA) is 107 Å². The summed E-state index contributed by atoms with van der Waals surface area (Å²) >= 11 is 0. The third kappa shape index (κ3) is 2.85. The molecule has 0 saturated carbocycles. The summed E-state index contributed by atoms with van der Waals surface area (Å²) in [5.41, 5.74) is 6.04. The Labute approximate surface area is 111 Å². The molecule has 104 valence electrons. The van der Waals surface area contributed by atoms with E-state index in [0.29, 0.717) is 18.8 Å². The number of nitrogens with zero attached hydrogens (tertiary/aromatic N) is 2. The second-order valence-corrected chi connectivity index (χ2v) is 6.66. The first-order chi connectivity index (χ1) is 8.79. The predicted molar refractivity (Wildman–Crippen MR) is 71.0 cm³/mol. The van der Waals surface area contributed by atoms with Crippen molar-refractivity contribution < 1.29 is 13.3 Å². The Balaban J connectivity index is 2.53. The van der Waals surface area contributed by atoms with E-state index in [1.807, 2.05) is 0 Å². The zero-order chi connectivity index (χ0) is 14.2. The van der Waals surface area contributed by atoms with E-state index >= 15 is 0 Å². The summed E-state index contributed by atoms with van der Waals surface area (Å²) in [5, 5.41) is 10.8. The van der Waals surface area contributed by atoms with Gasteiger partial charge in [0.25, 0.3) is 5.69 Å². The van der Waals surface area contributed by atoms with Gasteiger partial charge in [-0.25, -0.2) is 8.42 Å². The van der Waals surface area contributed by atoms with Crippen LogP contribution in [-0.2, 0) is 9.84 Å². The number of hydrogen-bond acceptors (Lipinski definition) is 6. The zero-order valence-electron chi connectivity index (χ0n) is 10.4. The van der Waals surface area contributed by atoms with Gasteiger partial charge in [-0.2, -0.15) is 0 Å². The van der Waals surface area contributed by atoms with Crippen LogP contribution in [0.15, 0.2) is 23.1 Å². The lowest BCUT2D eigenvalue weighted by atomic mass is 10.2. The Kier molecular flexibility index (Phi) is 3.46. The Bertz CT molecular complexity index is 614. The number of hydrogen-bond donors (Lipinski definition) is 1. The fourth-order valence-corrected chi connectivity index (χ4v) is 3.07. The highest BCUT2D eigenvalue weighted by Gasteiger charge is 2.26. The van der Waals surface area contributed by atoms with Crippen LogP contribution in [0.2, 0.25) is 0 Å². The Morgan fingerprint density at radius 1 is 1.47 bits per heavy atom. The Morgan fingerprint density at radius 2 is 2.16 bits per heavy atom. The highest BCUT2D eigenvalue weighted by molar-refractivity contribution is 7.90. The summed E-state index contributed by atoms with van der Waals surface area (Å²) in [6.07, 6.45) is 1.83. The fraction of sp³-hybridized carbons (Fsp3) is 0.455. The van der Waals surface area contributed by atoms with Gasteiger partial charge in [-0.15, -0.1) is 0 Å². The van der Waals surface area contributed by atoms with Crippen LogP contribution in [0.5, 0.6) is 0 Å². The predicted octanol–water partition coefficient (Wildman–Crippen LogP) is 0.536. The number of anilines is 1. The second kappa shape index (κ2) is 4.78. The minimum absolute atomic E-state index is 0.0355. The molecule has 0 aliphatic carbocycles. The second-order valence-electron chi connectivity index (χ2n) is 4.68. The van der Waals surface area contributed by atoms with Crippen molar-refractivity contribution in [2.75, 3.05) is 24.2 Å². The first kappa shape index (κ1) is 13.8. The first-order valence-corrected chi connectivity index (χ1v) is 7.67. The van der Waals surface area contributed by atoms with Crippen molar-refractivity contribution in [1.82, 2.24) is 0 Å². The first-order valence-electron chi connectivity index (χ1n) is 5.78. The minimum atomic E-state index is -3.44. The van der Waals surface area contributed by atoms with Gasteiger partial charge in [0.05, 0.1) is 15.5 Å². The maximum Gasteiger partial charge on any atom is 0.271 e. The summed E-state index contributed by atoms with van der Waals surface area (Å²) in [7, 11) is -3.44. The largest absolute Gasteiger partial charge is 0.369 e. The molecule has 1 aliphatic heterocycles. The van der Waals surface area contributed by atoms with E-state index in [4.69, 9.17) is 5.73 Å². The fourth-order valence-electron chi connectivity index (χ4n) is 2.19. The standard InChI is InChI=1S/C11H15N3O4S/c1-19(17,18)11-3-2-9(14(15)16)6-10(11)13-5-4-8(12)7-13/h2-3,6,8H,4-5,7,12H2,1H3. The molecule has 1 aromatic carbocycles. The van der Waals surface area contributed by atoms with Gasteiger partial charge in [0.1, 0.15) is 0 Å². The highest BCUT2D eigenvalue weighted by atomic mass is 32.2. The van der Waals surface area contributed by atoms with E-state index in [1.54, 1.807) is 4.90 Å². The third-order valence-electron chi connectivity index (χ3n) is 3.12. The molecule has 2 rings (SSSR count). The van der Waals surface area contributed by atoms with Crippen LogP contribution in [0.3, 0.4) is 0 Å². The van der Waals surface area contributed by atoms with E-state index in [-0.39, 0.29) is 16.6 Å². The van der Waals surface area contributed by atoms with E-state index in [9.17, 15) is 18.5 Å². The maximum atomic E-state index is 11.7. The van der Waals surface area contributed by atoms with Gasteiger partial charge in [-0.1, -0.05) is 0 Å². The van der Waals surface area contributed by atoms with E-state index in [0.717, 1.165) is 12.7 Å². The van der Waals surface area contributed by atoms with Crippen LogP contribution < -0.4 is 10.6 Å². The SMILES string of the molecule is CS(=O)(=O)c1ccc([N+](=O)[O-])cc1N1CCC(N)C1. The lowest BCUT2D eigenvalue weighted by Gasteiger charge is -2.20. The van der Waals surface area contributed by atoms with Crippen LogP contribution in [0.25, 0.3) is 0 Å². The van der Waals surface area contributed by atoms with Crippen molar-refractivity contribution in [3.05, 3.63) is 28.3 Å². The van der Waals surface area contributed by atoms with Crippen LogP contribution in [0, 0.1) is 10.1 Å². The minimum Gasteiger partial charge on any atom is -0.369 e. The van der Waals surface area contributed by atoms with Crippen LogP contribution in [0.4, 0.5) is 11.4 Å². The summed E-state index contributed by atoms with van der Waals surface area (Å²) in [4.78, 5) is 12.2. The molecule has 0 aromatic heterocycles. The van der Waals surface area contributed by atoms with Gasteiger partial charge in [-0.05, 0) is 12.5 Å². The van der Waals surface area contributed by atoms with E-state index in [2.05, 4.69) is 0 Å². The molecule has 0 radical (unpaired) electrons. The summed E-state index contributed by atoms with van der Waals surface area (Å²) < 4.78 is 23.5. The van der Waals surface area contributed by atoms with Crippen molar-refractivity contribution >= 4 is 21.2 Å². The average molecular weight is 285 g/mol. The quantitative estimate of drug-likeness (QED) is 0.641. The van der Waals surface area contributed by atoms with Gasteiger partial charge in [0.2, 0.25) is 0 Å². The normalized spacial score (nSPS) is 19.7. The maximum absolute atomic E-state index is 11.7. The third-order valence-corrected chi connectivity index (χ3v) is 4.26. The molecule has 1 fully saturated rings. The van der Waals surface area contributed by atoms with Crippen LogP contribution in [-0.4, -0.2) is 38.7 Å². The Hall–Kier alpha value is -1.67. The molecule has 1 saturated heterocycles. The molecule has 1 aromatic rings. The molecular formula is C11H15N3O4S. The van der Waals surface area contributed by atoms with Crippen molar-refractivity contribution in [2.45, 2.75) is 17.4 Å². The highest BCUT2D eigenvalue weighted by Crippen LogP contribution is 2.31. The van der Waals surface area contributed by atoms with Gasteiger partial charge in [-0.3, -0.25) is 10.1 Å². The van der Waals surface area contributed by atoms with Crippen LogP contribution >= 0.6 is 0 Å². The molecule has 19 heavy (non-hydrogen) atoms. The Morgan fingerprint density at radius 3 is 2.63 bits per heavy atom. The van der Waals surface area contributed by atoms with Crippen molar-refractivity contribution in [1.29, 1.82) is 0 Å². The smallest absolute Gasteiger partial charge is 0.271 e. The molecule has 7 nitrogen and oxygen atoms in total. The van der Waals surface area contributed by atoms with E-state index < -0.39 is 14.8 Å². The van der Waals surface area contributed by atoms with Gasteiger partial charge in [0.15, 0.2) is 9.84 Å². The van der Waals surface area contributed by atoms with Crippen molar-refractivity contribution in [2.24, 2.45) is 5.73 Å². The van der Waals surface area contributed by atoms with Crippen molar-refractivity contribution in [3.63, 3.8) is 0 Å². The van der Waals surface area contributed by atoms with Crippen LogP contribution in [0.1, 0.15) is 6.42 Å². The molecule has 1 heterocycles. The lowest BCUT2D eigenvalue weighted by molar-refractivity contribution is -0.384. The number of rotatable bonds is 3. The molecule has 0 amide bonds. The zero-order valence-corrected chi connectivity index (χ0v) is 11.3. The number of non-ortho nitro benzene ring substituents is 1. The van der Waals surface area contributed by atoms with Gasteiger partial charge < -0.3 is 10.6 Å². The monoisotopic (exact) mass is 285 g/mol. The number of nitro benzene ring substituents is 1. The number of nitro groups is 1. The molecule has 1 aliphatic rings. The summed E-state index contributed by atoms with van der Waals surface area (Å²) in [5.74, 6) is 0. The molecule has 0 spiro atoms. The van der Waals surface area contributed by atoms with Gasteiger partial charge in [0, 0.05) is 37.5 Å². The number of nitrogens with two attached hydrogens (primary N) is 1. The molecule has 8 heteroatoms. The molecule has 2 N–H and O–H groups in total. The summed E-state index contributed by atoms with van der Waals surface area (Å²) in [6.45, 7) is 1.11. The average Bonchev–Trinajstić information content (AvgIpc) is 2.73. The molecule has 0 bridgehead atoms.